The number of aliphatic imine (C=N–C) groups is 1. The Bertz CT molecular complexity index is 849. The van der Waals surface area contributed by atoms with Gasteiger partial charge in [0.2, 0.25) is 5.91 Å². The second-order valence-corrected chi connectivity index (χ2v) is 7.87. The zero-order valence-electron chi connectivity index (χ0n) is 13.7. The van der Waals surface area contributed by atoms with Gasteiger partial charge < -0.3 is 10.0 Å². The van der Waals surface area contributed by atoms with Gasteiger partial charge in [0, 0.05) is 18.7 Å². The number of rotatable bonds is 3. The molecule has 0 spiro atoms. The number of hydrogen-bond acceptors (Lipinski definition) is 5. The number of amides is 1. The standard InChI is InChI=1S/C16H19N3O5S/c1-10(15(20)19-8-4-5-11(9-19)16(21)22)17-14-12-6-2-3-7-13(12)25(23,24)18-14/h2-3,6-7,10-11H,4-5,8-9H2,1H3,(H,17,18)(H,21,22). The zero-order chi connectivity index (χ0) is 18.2. The van der Waals surface area contributed by atoms with Crippen LogP contribution in [0.5, 0.6) is 0 Å². The highest BCUT2D eigenvalue weighted by atomic mass is 32.2. The van der Waals surface area contributed by atoms with Crippen molar-refractivity contribution in [2.75, 3.05) is 13.1 Å². The summed E-state index contributed by atoms with van der Waals surface area (Å²) in [5.41, 5.74) is 0.434. The van der Waals surface area contributed by atoms with Gasteiger partial charge in [0.1, 0.15) is 11.9 Å². The van der Waals surface area contributed by atoms with Crippen molar-refractivity contribution >= 4 is 27.7 Å². The Hall–Kier alpha value is -2.42. The number of likely N-dealkylation sites (tertiary alicyclic amines) is 1. The number of fused-ring (bicyclic) bond motifs is 1. The van der Waals surface area contributed by atoms with E-state index in [1.165, 1.54) is 11.0 Å². The van der Waals surface area contributed by atoms with Crippen molar-refractivity contribution in [2.24, 2.45) is 10.9 Å². The van der Waals surface area contributed by atoms with Gasteiger partial charge in [-0.2, -0.15) is 0 Å². The molecule has 1 aromatic carbocycles. The van der Waals surface area contributed by atoms with Gasteiger partial charge in [0.15, 0.2) is 0 Å². The van der Waals surface area contributed by atoms with E-state index in [2.05, 4.69) is 9.71 Å². The third kappa shape index (κ3) is 3.37. The van der Waals surface area contributed by atoms with Crippen molar-refractivity contribution in [3.8, 4) is 0 Å². The molecule has 1 amide bonds. The van der Waals surface area contributed by atoms with Crippen molar-refractivity contribution in [1.29, 1.82) is 0 Å². The minimum absolute atomic E-state index is 0.136. The molecule has 1 saturated heterocycles. The summed E-state index contributed by atoms with van der Waals surface area (Å²) in [4.78, 5) is 29.6. The fraction of sp³-hybridized carbons (Fsp3) is 0.438. The zero-order valence-corrected chi connectivity index (χ0v) is 14.5. The molecule has 0 bridgehead atoms. The first-order valence-electron chi connectivity index (χ1n) is 8.01. The molecule has 2 N–H and O–H groups in total. The fourth-order valence-corrected chi connectivity index (χ4v) is 4.36. The number of carboxylic acids is 1. The molecular weight excluding hydrogens is 346 g/mol. The fourth-order valence-electron chi connectivity index (χ4n) is 3.12. The molecule has 2 atom stereocenters. The lowest BCUT2D eigenvalue weighted by Crippen LogP contribution is -2.45. The van der Waals surface area contributed by atoms with E-state index in [9.17, 15) is 18.0 Å². The molecule has 8 nitrogen and oxygen atoms in total. The van der Waals surface area contributed by atoms with E-state index < -0.39 is 28.0 Å². The molecule has 2 aliphatic rings. The minimum atomic E-state index is -3.65. The summed E-state index contributed by atoms with van der Waals surface area (Å²) in [7, 11) is -3.65. The number of carbonyl (C=O) groups is 2. The van der Waals surface area contributed by atoms with E-state index in [1.54, 1.807) is 25.1 Å². The normalized spacial score (nSPS) is 24.4. The van der Waals surface area contributed by atoms with E-state index in [0.717, 1.165) is 0 Å². The van der Waals surface area contributed by atoms with E-state index in [-0.39, 0.29) is 23.2 Å². The number of carboxylic acid groups (broad SMARTS) is 1. The van der Waals surface area contributed by atoms with E-state index in [4.69, 9.17) is 5.11 Å². The van der Waals surface area contributed by atoms with E-state index in [1.807, 2.05) is 0 Å². The molecule has 1 fully saturated rings. The second kappa shape index (κ2) is 6.47. The maximum absolute atomic E-state index is 12.6. The number of amidine groups is 1. The largest absolute Gasteiger partial charge is 0.481 e. The summed E-state index contributed by atoms with van der Waals surface area (Å²) in [6.07, 6.45) is 1.18. The average molecular weight is 365 g/mol. The molecule has 2 unspecified atom stereocenters. The Kier molecular flexibility index (Phi) is 4.51. The molecule has 2 aliphatic heterocycles. The van der Waals surface area contributed by atoms with Crippen LogP contribution in [0.1, 0.15) is 25.3 Å². The van der Waals surface area contributed by atoms with Crippen molar-refractivity contribution in [1.82, 2.24) is 9.62 Å². The maximum atomic E-state index is 12.6. The van der Waals surface area contributed by atoms with Crippen LogP contribution in [0.4, 0.5) is 0 Å². The van der Waals surface area contributed by atoms with Crippen molar-refractivity contribution in [3.63, 3.8) is 0 Å². The number of nitrogens with one attached hydrogen (secondary N) is 1. The quantitative estimate of drug-likeness (QED) is 0.806. The Morgan fingerprint density at radius 3 is 2.80 bits per heavy atom. The highest BCUT2D eigenvalue weighted by Crippen LogP contribution is 2.23. The van der Waals surface area contributed by atoms with E-state index >= 15 is 0 Å². The van der Waals surface area contributed by atoms with Crippen LogP contribution in [0.2, 0.25) is 0 Å². The minimum Gasteiger partial charge on any atom is -0.481 e. The van der Waals surface area contributed by atoms with Gasteiger partial charge >= 0.3 is 5.97 Å². The molecule has 3 rings (SSSR count). The number of piperidine rings is 1. The monoisotopic (exact) mass is 365 g/mol. The lowest BCUT2D eigenvalue weighted by Gasteiger charge is -2.31. The lowest BCUT2D eigenvalue weighted by atomic mass is 9.98. The first kappa shape index (κ1) is 17.4. The molecule has 2 heterocycles. The summed E-state index contributed by atoms with van der Waals surface area (Å²) in [6.45, 7) is 2.22. The Labute approximate surface area is 145 Å². The van der Waals surface area contributed by atoms with Crippen LogP contribution in [0.15, 0.2) is 34.2 Å². The number of benzene rings is 1. The average Bonchev–Trinajstić information content (AvgIpc) is 2.85. The first-order valence-corrected chi connectivity index (χ1v) is 9.49. The predicted octanol–water partition coefficient (Wildman–Crippen LogP) is 0.437. The number of nitrogens with zero attached hydrogens (tertiary/aromatic N) is 2. The van der Waals surface area contributed by atoms with Crippen molar-refractivity contribution < 1.29 is 23.1 Å². The Morgan fingerprint density at radius 1 is 1.36 bits per heavy atom. The van der Waals surface area contributed by atoms with Crippen LogP contribution in [0.25, 0.3) is 0 Å². The second-order valence-electron chi connectivity index (χ2n) is 6.22. The summed E-state index contributed by atoms with van der Waals surface area (Å²) in [5, 5.41) is 9.13. The van der Waals surface area contributed by atoms with Gasteiger partial charge in [-0.15, -0.1) is 0 Å². The van der Waals surface area contributed by atoms with Crippen LogP contribution >= 0.6 is 0 Å². The summed E-state index contributed by atoms with van der Waals surface area (Å²) in [6, 6.07) is 5.62. The van der Waals surface area contributed by atoms with Gasteiger partial charge in [0.05, 0.1) is 10.8 Å². The van der Waals surface area contributed by atoms with Gasteiger partial charge in [-0.05, 0) is 31.9 Å². The molecule has 0 aliphatic carbocycles. The molecular formula is C16H19N3O5S. The Morgan fingerprint density at radius 2 is 2.08 bits per heavy atom. The van der Waals surface area contributed by atoms with Crippen LogP contribution in [0, 0.1) is 5.92 Å². The molecule has 1 aromatic rings. The van der Waals surface area contributed by atoms with Gasteiger partial charge in [-0.3, -0.25) is 19.3 Å². The van der Waals surface area contributed by atoms with Gasteiger partial charge in [-0.1, -0.05) is 12.1 Å². The first-order chi connectivity index (χ1) is 11.8. The number of aliphatic carboxylic acids is 1. The van der Waals surface area contributed by atoms with Gasteiger partial charge in [0.25, 0.3) is 10.0 Å². The van der Waals surface area contributed by atoms with Crippen LogP contribution in [-0.2, 0) is 19.6 Å². The van der Waals surface area contributed by atoms with Gasteiger partial charge in [-0.25, -0.2) is 8.42 Å². The summed E-state index contributed by atoms with van der Waals surface area (Å²) >= 11 is 0. The summed E-state index contributed by atoms with van der Waals surface area (Å²) in [5.74, 6) is -1.64. The predicted molar refractivity (Wildman–Crippen MR) is 89.7 cm³/mol. The Balaban J connectivity index is 1.80. The maximum Gasteiger partial charge on any atom is 0.308 e. The SMILES string of the molecule is CC(N=C1NS(=O)(=O)c2ccccc21)C(=O)N1CCCC(C(=O)O)C1. The third-order valence-corrected chi connectivity index (χ3v) is 5.82. The molecule has 0 saturated carbocycles. The third-order valence-electron chi connectivity index (χ3n) is 4.43. The number of sulfonamides is 1. The smallest absolute Gasteiger partial charge is 0.308 e. The van der Waals surface area contributed by atoms with E-state index in [0.29, 0.717) is 24.9 Å². The van der Waals surface area contributed by atoms with Crippen molar-refractivity contribution in [3.05, 3.63) is 29.8 Å². The lowest BCUT2D eigenvalue weighted by molar-refractivity contribution is -0.145. The molecule has 0 aromatic heterocycles. The highest BCUT2D eigenvalue weighted by Gasteiger charge is 2.33. The number of carbonyl (C=O) groups excluding carboxylic acids is 1. The highest BCUT2D eigenvalue weighted by molar-refractivity contribution is 7.90. The van der Waals surface area contributed by atoms with Crippen molar-refractivity contribution in [2.45, 2.75) is 30.7 Å². The topological polar surface area (TPSA) is 116 Å². The summed E-state index contributed by atoms with van der Waals surface area (Å²) < 4.78 is 26.5. The van der Waals surface area contributed by atoms with Crippen LogP contribution in [-0.4, -0.2) is 55.3 Å². The molecule has 134 valence electrons. The molecule has 25 heavy (non-hydrogen) atoms. The van der Waals surface area contributed by atoms with Crippen LogP contribution in [0.3, 0.4) is 0 Å². The molecule has 9 heteroatoms. The number of hydrogen-bond donors (Lipinski definition) is 2. The molecule has 0 radical (unpaired) electrons. The van der Waals surface area contributed by atoms with Crippen LogP contribution < -0.4 is 4.72 Å².